The van der Waals surface area contributed by atoms with Crippen molar-refractivity contribution < 1.29 is 19.1 Å². The fourth-order valence-corrected chi connectivity index (χ4v) is 7.10. The molecule has 2 saturated heterocycles. The number of amides is 3. The van der Waals surface area contributed by atoms with Crippen molar-refractivity contribution >= 4 is 23.4 Å². The van der Waals surface area contributed by atoms with Gasteiger partial charge in [-0.05, 0) is 55.2 Å². The van der Waals surface area contributed by atoms with Crippen LogP contribution in [-0.2, 0) is 19.1 Å². The molecule has 1 aromatic rings. The first-order valence-corrected chi connectivity index (χ1v) is 14.5. The van der Waals surface area contributed by atoms with Crippen LogP contribution in [0.5, 0.6) is 0 Å². The molecule has 1 spiro atoms. The van der Waals surface area contributed by atoms with Crippen LogP contribution in [0.15, 0.2) is 36.4 Å². The summed E-state index contributed by atoms with van der Waals surface area (Å²) in [5.41, 5.74) is 0.764. The highest BCUT2D eigenvalue weighted by molar-refractivity contribution is 6.03. The lowest BCUT2D eigenvalue weighted by Gasteiger charge is -2.39. The number of fused-ring (bicyclic) bond motifs is 1. The SMILES string of the molecule is CCC(C)N1C(=O)C2C(C(=O)Nc3ccc(C(C)C)cc3)C3C=CC2(O3)C1C(=O)NC1CCCC(C)C1C. The number of hydrogen-bond donors (Lipinski definition) is 2. The van der Waals surface area contributed by atoms with Gasteiger partial charge >= 0.3 is 0 Å². The van der Waals surface area contributed by atoms with Crippen LogP contribution in [0.1, 0.15) is 78.7 Å². The molecule has 3 fully saturated rings. The number of nitrogens with one attached hydrogen (secondary N) is 2. The summed E-state index contributed by atoms with van der Waals surface area (Å²) in [5.74, 6) is -0.667. The largest absolute Gasteiger partial charge is 0.359 e. The minimum absolute atomic E-state index is 0.0751. The lowest BCUT2D eigenvalue weighted by atomic mass is 9.73. The lowest BCUT2D eigenvalue weighted by molar-refractivity contribution is -0.144. The Balaban J connectivity index is 1.42. The number of carbonyl (C=O) groups excluding carboxylic acids is 3. The number of anilines is 1. The highest BCUT2D eigenvalue weighted by Gasteiger charge is 2.73. The van der Waals surface area contributed by atoms with Crippen LogP contribution < -0.4 is 10.6 Å². The molecule has 3 aliphatic heterocycles. The highest BCUT2D eigenvalue weighted by Crippen LogP contribution is 2.56. The van der Waals surface area contributed by atoms with Crippen molar-refractivity contribution in [2.45, 2.75) is 103 Å². The molecule has 0 aromatic heterocycles. The molecule has 1 saturated carbocycles. The van der Waals surface area contributed by atoms with Gasteiger partial charge in [0, 0.05) is 17.8 Å². The predicted molar refractivity (Wildman–Crippen MR) is 147 cm³/mol. The molecule has 0 radical (unpaired) electrons. The Hall–Kier alpha value is -2.67. The second-order valence-corrected chi connectivity index (χ2v) is 12.4. The molecule has 1 aliphatic carbocycles. The summed E-state index contributed by atoms with van der Waals surface area (Å²) in [7, 11) is 0. The number of carbonyl (C=O) groups is 3. The number of hydrogen-bond acceptors (Lipinski definition) is 4. The van der Waals surface area contributed by atoms with Gasteiger partial charge in [0.25, 0.3) is 0 Å². The number of likely N-dealkylation sites (tertiary alicyclic amines) is 1. The van der Waals surface area contributed by atoms with Crippen molar-refractivity contribution in [2.24, 2.45) is 23.7 Å². The molecule has 2 N–H and O–H groups in total. The highest BCUT2D eigenvalue weighted by atomic mass is 16.5. The summed E-state index contributed by atoms with van der Waals surface area (Å²) in [6.45, 7) is 12.7. The van der Waals surface area contributed by atoms with Crippen LogP contribution >= 0.6 is 0 Å². The first-order valence-electron chi connectivity index (χ1n) is 14.5. The molecule has 38 heavy (non-hydrogen) atoms. The van der Waals surface area contributed by atoms with Crippen molar-refractivity contribution in [1.29, 1.82) is 0 Å². The zero-order valence-corrected chi connectivity index (χ0v) is 23.6. The van der Waals surface area contributed by atoms with Gasteiger partial charge in [0.15, 0.2) is 0 Å². The standard InChI is InChI=1S/C31H43N3O4/c1-7-19(5)34-27(29(36)33-23-10-8-9-18(4)20(23)6)31-16-15-24(38-31)25(26(31)30(34)37)28(35)32-22-13-11-21(12-14-22)17(2)3/h11-20,23-27H,7-10H2,1-6H3,(H,32,35)(H,33,36). The summed E-state index contributed by atoms with van der Waals surface area (Å²) in [6, 6.07) is 6.96. The minimum Gasteiger partial charge on any atom is -0.359 e. The van der Waals surface area contributed by atoms with Crippen LogP contribution in [0.3, 0.4) is 0 Å². The fourth-order valence-electron chi connectivity index (χ4n) is 7.10. The predicted octanol–water partition coefficient (Wildman–Crippen LogP) is 4.64. The molecule has 4 aliphatic rings. The third-order valence-electron chi connectivity index (χ3n) is 9.81. The zero-order chi connectivity index (χ0) is 27.4. The summed E-state index contributed by atoms with van der Waals surface area (Å²) in [4.78, 5) is 43.4. The van der Waals surface area contributed by atoms with Gasteiger partial charge < -0.3 is 20.3 Å². The Bertz CT molecular complexity index is 1110. The van der Waals surface area contributed by atoms with Crippen LogP contribution in [-0.4, -0.2) is 52.5 Å². The third kappa shape index (κ3) is 4.27. The molecule has 1 aromatic carbocycles. The topological polar surface area (TPSA) is 87.7 Å². The number of nitrogens with zero attached hydrogens (tertiary/aromatic N) is 1. The third-order valence-corrected chi connectivity index (χ3v) is 9.81. The maximum absolute atomic E-state index is 14.0. The smallest absolute Gasteiger partial charge is 0.246 e. The fraction of sp³-hybridized carbons (Fsp3) is 0.645. The van der Waals surface area contributed by atoms with Crippen LogP contribution in [0.2, 0.25) is 0 Å². The van der Waals surface area contributed by atoms with E-state index in [2.05, 4.69) is 38.3 Å². The van der Waals surface area contributed by atoms with E-state index in [1.807, 2.05) is 50.3 Å². The maximum atomic E-state index is 14.0. The van der Waals surface area contributed by atoms with Crippen molar-refractivity contribution in [2.75, 3.05) is 5.32 Å². The molecule has 7 heteroatoms. The second kappa shape index (κ2) is 10.1. The van der Waals surface area contributed by atoms with E-state index in [9.17, 15) is 14.4 Å². The van der Waals surface area contributed by atoms with Crippen LogP contribution in [0, 0.1) is 23.7 Å². The summed E-state index contributed by atoms with van der Waals surface area (Å²) in [6.07, 6.45) is 7.15. The van der Waals surface area contributed by atoms with Crippen molar-refractivity contribution in [3.05, 3.63) is 42.0 Å². The van der Waals surface area contributed by atoms with E-state index in [-0.39, 0.29) is 29.8 Å². The Morgan fingerprint density at radius 1 is 1.11 bits per heavy atom. The van der Waals surface area contributed by atoms with Crippen LogP contribution in [0.25, 0.3) is 0 Å². The van der Waals surface area contributed by atoms with Gasteiger partial charge in [-0.15, -0.1) is 0 Å². The van der Waals surface area contributed by atoms with Gasteiger partial charge in [-0.2, -0.15) is 0 Å². The summed E-state index contributed by atoms with van der Waals surface area (Å²) >= 11 is 0. The van der Waals surface area contributed by atoms with Gasteiger partial charge in [-0.3, -0.25) is 14.4 Å². The van der Waals surface area contributed by atoms with Gasteiger partial charge in [0.2, 0.25) is 17.7 Å². The molecule has 206 valence electrons. The van der Waals surface area contributed by atoms with E-state index in [1.165, 1.54) is 12.0 Å². The van der Waals surface area contributed by atoms with Crippen LogP contribution in [0.4, 0.5) is 5.69 Å². The molecule has 7 nitrogen and oxygen atoms in total. The first-order chi connectivity index (χ1) is 18.1. The first kappa shape index (κ1) is 26.9. The van der Waals surface area contributed by atoms with Gasteiger partial charge in [-0.1, -0.05) is 71.7 Å². The average Bonchev–Trinajstić information content (AvgIpc) is 3.54. The molecule has 2 bridgehead atoms. The Labute approximate surface area is 226 Å². The lowest BCUT2D eigenvalue weighted by Crippen LogP contribution is -2.59. The number of ether oxygens (including phenoxy) is 1. The normalized spacial score (nSPS) is 36.4. The van der Waals surface area contributed by atoms with E-state index >= 15 is 0 Å². The zero-order valence-electron chi connectivity index (χ0n) is 23.6. The molecule has 5 rings (SSSR count). The number of rotatable bonds is 7. The van der Waals surface area contributed by atoms with E-state index in [1.54, 1.807) is 4.90 Å². The molecule has 3 heterocycles. The Morgan fingerprint density at radius 2 is 1.82 bits per heavy atom. The van der Waals surface area contributed by atoms with Gasteiger partial charge in [0.05, 0.1) is 17.9 Å². The molecular formula is C31H43N3O4. The maximum Gasteiger partial charge on any atom is 0.246 e. The molecule has 9 unspecified atom stereocenters. The van der Waals surface area contributed by atoms with E-state index in [0.29, 0.717) is 29.9 Å². The quantitative estimate of drug-likeness (QED) is 0.512. The molecular weight excluding hydrogens is 478 g/mol. The van der Waals surface area contributed by atoms with E-state index in [4.69, 9.17) is 4.74 Å². The second-order valence-electron chi connectivity index (χ2n) is 12.4. The number of benzene rings is 1. The Morgan fingerprint density at radius 3 is 2.47 bits per heavy atom. The van der Waals surface area contributed by atoms with Crippen molar-refractivity contribution in [3.8, 4) is 0 Å². The monoisotopic (exact) mass is 521 g/mol. The van der Waals surface area contributed by atoms with Crippen molar-refractivity contribution in [1.82, 2.24) is 10.2 Å². The molecule has 3 amide bonds. The van der Waals surface area contributed by atoms with Crippen molar-refractivity contribution in [3.63, 3.8) is 0 Å². The Kier molecular flexibility index (Phi) is 7.18. The summed E-state index contributed by atoms with van der Waals surface area (Å²) < 4.78 is 6.48. The van der Waals surface area contributed by atoms with E-state index in [0.717, 1.165) is 12.8 Å². The average molecular weight is 522 g/mol. The van der Waals surface area contributed by atoms with Gasteiger partial charge in [0.1, 0.15) is 11.6 Å². The van der Waals surface area contributed by atoms with E-state index < -0.39 is 29.6 Å². The minimum atomic E-state index is -1.12. The molecule has 9 atom stereocenters. The summed E-state index contributed by atoms with van der Waals surface area (Å²) in [5, 5.41) is 6.33. The van der Waals surface area contributed by atoms with Gasteiger partial charge in [-0.25, -0.2) is 0 Å².